The average molecular weight is 515 g/mol. The van der Waals surface area contributed by atoms with Gasteiger partial charge in [-0.05, 0) is 49.9 Å². The van der Waals surface area contributed by atoms with E-state index in [0.29, 0.717) is 29.9 Å². The van der Waals surface area contributed by atoms with E-state index in [2.05, 4.69) is 20.7 Å². The third kappa shape index (κ3) is 5.31. The largest absolute Gasteiger partial charge is 0.378 e. The molecule has 0 spiro atoms. The molecule has 11 heteroatoms. The minimum Gasteiger partial charge on any atom is -0.378 e. The topological polar surface area (TPSA) is 92.2 Å². The Morgan fingerprint density at radius 1 is 1.14 bits per heavy atom. The van der Waals surface area contributed by atoms with Crippen molar-refractivity contribution < 1.29 is 17.8 Å². The van der Waals surface area contributed by atoms with E-state index in [9.17, 15) is 17.8 Å². The van der Waals surface area contributed by atoms with Crippen LogP contribution < -0.4 is 10.6 Å². The van der Waals surface area contributed by atoms with E-state index in [1.807, 2.05) is 6.07 Å². The molecule has 2 N–H and O–H groups in total. The van der Waals surface area contributed by atoms with Gasteiger partial charge >= 0.3 is 0 Å². The van der Waals surface area contributed by atoms with Gasteiger partial charge in [0.05, 0.1) is 40.2 Å². The lowest BCUT2D eigenvalue weighted by atomic mass is 10.0. The first-order valence-electron chi connectivity index (χ1n) is 11.9. The molecule has 1 aliphatic heterocycles. The van der Waals surface area contributed by atoms with Crippen molar-refractivity contribution in [2.24, 2.45) is 0 Å². The van der Waals surface area contributed by atoms with Crippen molar-refractivity contribution in [3.63, 3.8) is 0 Å². The number of rotatable bonds is 7. The Hall–Kier alpha value is -3.18. The Morgan fingerprint density at radius 2 is 1.94 bits per heavy atom. The van der Waals surface area contributed by atoms with Crippen molar-refractivity contribution in [1.82, 2.24) is 24.4 Å². The third-order valence-corrected chi connectivity index (χ3v) is 7.62. The van der Waals surface area contributed by atoms with Crippen molar-refractivity contribution in [3.8, 4) is 16.8 Å². The smallest absolute Gasteiger partial charge is 0.254 e. The van der Waals surface area contributed by atoms with Crippen molar-refractivity contribution in [3.05, 3.63) is 59.9 Å². The molecule has 1 saturated heterocycles. The molecule has 5 rings (SSSR count). The monoisotopic (exact) mass is 514 g/mol. The lowest BCUT2D eigenvalue weighted by Gasteiger charge is -2.33. The number of aryl methyl sites for hydroxylation is 1. The fourth-order valence-corrected chi connectivity index (χ4v) is 5.06. The Balaban J connectivity index is 1.34. The second kappa shape index (κ2) is 10.1. The van der Waals surface area contributed by atoms with E-state index in [4.69, 9.17) is 0 Å². The number of carbonyl (C=O) groups is 1. The molecule has 1 aromatic carbocycles. The molecular weight excluding hydrogens is 486 g/mol. The molecule has 2 aromatic heterocycles. The number of amides is 1. The van der Waals surface area contributed by atoms with Crippen LogP contribution in [0.2, 0.25) is 0 Å². The van der Waals surface area contributed by atoms with Gasteiger partial charge in [-0.25, -0.2) is 22.0 Å². The van der Waals surface area contributed by atoms with Crippen molar-refractivity contribution in [1.29, 1.82) is 0 Å². The number of nitrogens with one attached hydrogen (secondary N) is 2. The lowest BCUT2D eigenvalue weighted by molar-refractivity contribution is 0.0947. The number of aromatic nitrogens is 3. The second-order valence-corrected chi connectivity index (χ2v) is 10.7. The Labute approximate surface area is 210 Å². The zero-order valence-electron chi connectivity index (χ0n) is 20.1. The van der Waals surface area contributed by atoms with Crippen LogP contribution in [0.3, 0.4) is 0 Å². The molecule has 190 valence electrons. The first kappa shape index (κ1) is 24.5. The molecule has 2 fully saturated rings. The normalized spacial score (nSPS) is 21.2. The van der Waals surface area contributed by atoms with E-state index in [1.54, 1.807) is 47.0 Å². The van der Waals surface area contributed by atoms with Gasteiger partial charge in [-0.15, -0.1) is 0 Å². The number of carbonyl (C=O) groups excluding carboxylic acids is 1. The van der Waals surface area contributed by atoms with Crippen LogP contribution in [0.4, 0.5) is 14.5 Å². The van der Waals surface area contributed by atoms with Gasteiger partial charge in [0.2, 0.25) is 0 Å². The highest BCUT2D eigenvalue weighted by Crippen LogP contribution is 2.27. The van der Waals surface area contributed by atoms with Gasteiger partial charge in [0, 0.05) is 55.1 Å². The Bertz CT molecular complexity index is 1310. The quantitative estimate of drug-likeness (QED) is 0.504. The molecule has 3 aromatic rings. The molecule has 3 unspecified atom stereocenters. The zero-order chi connectivity index (χ0) is 25.4. The van der Waals surface area contributed by atoms with E-state index in [-0.39, 0.29) is 18.2 Å². The van der Waals surface area contributed by atoms with Gasteiger partial charge in [-0.2, -0.15) is 5.10 Å². The van der Waals surface area contributed by atoms with Gasteiger partial charge in [0.25, 0.3) is 5.91 Å². The molecule has 8 nitrogen and oxygen atoms in total. The van der Waals surface area contributed by atoms with Gasteiger partial charge in [-0.3, -0.25) is 9.78 Å². The van der Waals surface area contributed by atoms with Gasteiger partial charge in [-0.1, -0.05) is 0 Å². The third-order valence-electron chi connectivity index (χ3n) is 6.56. The Kier molecular flexibility index (Phi) is 6.85. The molecule has 2 aliphatic rings. The summed E-state index contributed by atoms with van der Waals surface area (Å²) in [4.78, 5) is 16.8. The summed E-state index contributed by atoms with van der Waals surface area (Å²) >= 11 is 0. The summed E-state index contributed by atoms with van der Waals surface area (Å²) in [6, 6.07) is 4.47. The predicted molar refractivity (Wildman–Crippen MR) is 135 cm³/mol. The summed E-state index contributed by atoms with van der Waals surface area (Å²) < 4.78 is 44.1. The number of halogens is 2. The number of alkyl halides is 1. The molecule has 1 aliphatic carbocycles. The maximum atomic E-state index is 14.7. The highest BCUT2D eigenvalue weighted by Gasteiger charge is 2.31. The van der Waals surface area contributed by atoms with E-state index in [0.717, 1.165) is 24.0 Å². The molecule has 1 amide bonds. The van der Waals surface area contributed by atoms with Crippen LogP contribution in [-0.2, 0) is 11.0 Å². The van der Waals surface area contributed by atoms with E-state index >= 15 is 0 Å². The molecular formula is C25H28F2N6O2S. The van der Waals surface area contributed by atoms with Crippen molar-refractivity contribution in [2.45, 2.75) is 44.4 Å². The molecule has 0 bridgehead atoms. The van der Waals surface area contributed by atoms with Crippen LogP contribution >= 0.6 is 0 Å². The van der Waals surface area contributed by atoms with E-state index < -0.39 is 34.9 Å². The van der Waals surface area contributed by atoms with Gasteiger partial charge < -0.3 is 10.6 Å². The summed E-state index contributed by atoms with van der Waals surface area (Å²) in [6.45, 7) is 2.44. The van der Waals surface area contributed by atoms with E-state index in [1.165, 1.54) is 12.1 Å². The number of piperidine rings is 1. The number of benzene rings is 1. The summed E-state index contributed by atoms with van der Waals surface area (Å²) in [5, 5.41) is 10.5. The minimum atomic E-state index is -1.18. The molecule has 0 radical (unpaired) electrons. The second-order valence-electron chi connectivity index (χ2n) is 9.37. The molecule has 3 heterocycles. The highest BCUT2D eigenvalue weighted by molar-refractivity contribution is 7.81. The van der Waals surface area contributed by atoms with Crippen LogP contribution in [0.15, 0.2) is 43.0 Å². The maximum Gasteiger partial charge on any atom is 0.254 e. The fourth-order valence-electron chi connectivity index (χ4n) is 4.34. The highest BCUT2D eigenvalue weighted by atomic mass is 32.2. The maximum absolute atomic E-state index is 14.7. The fraction of sp³-hybridized carbons (Fsp3) is 0.400. The Morgan fingerprint density at radius 3 is 2.67 bits per heavy atom. The SMILES string of the molecule is Cc1cc(F)c(C(=O)NC2CC2)cc1-n1cc(-c2cncc(NC3CCN(S(C)=O)CC3F)c2)cn1. The summed E-state index contributed by atoms with van der Waals surface area (Å²) in [5.41, 5.74) is 3.47. The number of hydrogen-bond acceptors (Lipinski definition) is 5. The van der Waals surface area contributed by atoms with Gasteiger partial charge in [0.1, 0.15) is 12.0 Å². The average Bonchev–Trinajstić information content (AvgIpc) is 3.52. The van der Waals surface area contributed by atoms with Crippen LogP contribution in [-0.4, -0.2) is 66.8 Å². The number of hydrogen-bond donors (Lipinski definition) is 2. The first-order chi connectivity index (χ1) is 17.3. The summed E-state index contributed by atoms with van der Waals surface area (Å²) in [5.74, 6) is -0.985. The number of pyridine rings is 1. The number of anilines is 1. The lowest BCUT2D eigenvalue weighted by Crippen LogP contribution is -2.48. The summed E-state index contributed by atoms with van der Waals surface area (Å²) in [6.07, 6.45) is 9.56. The van der Waals surface area contributed by atoms with Crippen LogP contribution in [0.1, 0.15) is 35.2 Å². The van der Waals surface area contributed by atoms with Crippen molar-refractivity contribution >= 4 is 22.6 Å². The molecule has 1 saturated carbocycles. The van der Waals surface area contributed by atoms with Crippen LogP contribution in [0.5, 0.6) is 0 Å². The molecule has 3 atom stereocenters. The van der Waals surface area contributed by atoms with Crippen LogP contribution in [0, 0.1) is 12.7 Å². The first-order valence-corrected chi connectivity index (χ1v) is 13.4. The van der Waals surface area contributed by atoms with Crippen molar-refractivity contribution in [2.75, 3.05) is 24.7 Å². The van der Waals surface area contributed by atoms with Gasteiger partial charge in [0.15, 0.2) is 0 Å². The standard InChI is InChI=1S/C25H28F2N6O2S/c1-15-7-21(26)20(25(34)31-18-3-4-18)9-24(15)33-13-17(11-29-33)16-8-19(12-28-10-16)30-23-5-6-32(36(2)35)14-22(23)27/h7-13,18,22-23,30H,3-6,14H2,1-2H3,(H,31,34). The summed E-state index contributed by atoms with van der Waals surface area (Å²) in [7, 11) is -1.18. The molecule has 36 heavy (non-hydrogen) atoms. The number of nitrogens with zero attached hydrogens (tertiary/aromatic N) is 4. The zero-order valence-corrected chi connectivity index (χ0v) is 20.9. The minimum absolute atomic E-state index is 0.00820. The van der Waals surface area contributed by atoms with Crippen LogP contribution in [0.25, 0.3) is 16.8 Å². The predicted octanol–water partition coefficient (Wildman–Crippen LogP) is 3.39.